The van der Waals surface area contributed by atoms with Gasteiger partial charge in [-0.2, -0.15) is 5.10 Å². The summed E-state index contributed by atoms with van der Waals surface area (Å²) in [5, 5.41) is 5.87. The van der Waals surface area contributed by atoms with Gasteiger partial charge in [-0.05, 0) is 79.2 Å². The number of rotatable bonds is 5. The molecule has 7 rings (SSSR count). The molecule has 1 aliphatic carbocycles. The number of piperidine rings is 1. The van der Waals surface area contributed by atoms with Gasteiger partial charge in [-0.15, -0.1) is 11.3 Å². The molecule has 2 N–H and O–H groups in total. The molecule has 0 radical (unpaired) electrons. The van der Waals surface area contributed by atoms with Crippen LogP contribution in [0.4, 0.5) is 0 Å². The van der Waals surface area contributed by atoms with E-state index in [2.05, 4.69) is 65.8 Å². The molecule has 3 atom stereocenters. The molecule has 8 heteroatoms. The van der Waals surface area contributed by atoms with Crippen molar-refractivity contribution in [2.24, 2.45) is 5.92 Å². The maximum atomic E-state index is 11.4. The summed E-state index contributed by atoms with van der Waals surface area (Å²) in [7, 11) is 0. The van der Waals surface area contributed by atoms with Crippen LogP contribution in [0.2, 0.25) is 0 Å². The van der Waals surface area contributed by atoms with Crippen molar-refractivity contribution in [3.63, 3.8) is 0 Å². The molecule has 5 aromatic rings. The maximum absolute atomic E-state index is 11.4. The minimum absolute atomic E-state index is 0.0335. The highest BCUT2D eigenvalue weighted by atomic mass is 32.1. The van der Waals surface area contributed by atoms with Gasteiger partial charge in [0.2, 0.25) is 5.56 Å². The van der Waals surface area contributed by atoms with Gasteiger partial charge in [0.15, 0.2) is 5.65 Å². The average Bonchev–Trinajstić information content (AvgIpc) is 3.70. The van der Waals surface area contributed by atoms with Gasteiger partial charge in [-0.25, -0.2) is 9.50 Å². The monoisotopic (exact) mass is 526 g/mol. The Bertz CT molecular complexity index is 1730. The number of aryl methyl sites for hydroxylation is 2. The SMILES string of the molecule is Cc1c(-c2[nH]c3sc([C@@H]4CC5CC4CN5Cc4ccc(=O)[nH]c4)c(C)c3c2C(C)C)cn2ncnc2c1C. The van der Waals surface area contributed by atoms with Crippen LogP contribution in [0, 0.1) is 26.7 Å². The summed E-state index contributed by atoms with van der Waals surface area (Å²) in [6.45, 7) is 13.4. The number of fused-ring (bicyclic) bond motifs is 4. The van der Waals surface area contributed by atoms with Gasteiger partial charge in [0.25, 0.3) is 0 Å². The molecule has 196 valence electrons. The smallest absolute Gasteiger partial charge is 0.247 e. The van der Waals surface area contributed by atoms with Crippen LogP contribution in [0.5, 0.6) is 0 Å². The average molecular weight is 527 g/mol. The molecule has 1 saturated carbocycles. The summed E-state index contributed by atoms with van der Waals surface area (Å²) < 4.78 is 1.91. The van der Waals surface area contributed by atoms with Crippen molar-refractivity contribution in [3.05, 3.63) is 73.9 Å². The Kier molecular flexibility index (Phi) is 5.43. The lowest BCUT2D eigenvalue weighted by molar-refractivity contribution is 0.192. The van der Waals surface area contributed by atoms with Gasteiger partial charge in [0.1, 0.15) is 11.2 Å². The Labute approximate surface area is 225 Å². The Balaban J connectivity index is 1.23. The lowest BCUT2D eigenvalue weighted by Crippen LogP contribution is -2.34. The molecule has 0 spiro atoms. The van der Waals surface area contributed by atoms with E-state index < -0.39 is 0 Å². The highest BCUT2D eigenvalue weighted by Gasteiger charge is 2.46. The van der Waals surface area contributed by atoms with E-state index in [0.717, 1.165) is 18.7 Å². The number of likely N-dealkylation sites (tertiary alicyclic amines) is 1. The van der Waals surface area contributed by atoms with E-state index >= 15 is 0 Å². The molecule has 5 aromatic heterocycles. The first-order valence-corrected chi connectivity index (χ1v) is 14.5. The van der Waals surface area contributed by atoms with Crippen molar-refractivity contribution in [2.75, 3.05) is 6.54 Å². The summed E-state index contributed by atoms with van der Waals surface area (Å²) >= 11 is 1.98. The van der Waals surface area contributed by atoms with E-state index in [1.165, 1.54) is 62.1 Å². The number of hydrogen-bond acceptors (Lipinski definition) is 5. The Morgan fingerprint density at radius 1 is 1.13 bits per heavy atom. The topological polar surface area (TPSA) is 82.1 Å². The molecule has 6 heterocycles. The second-order valence-electron chi connectivity index (χ2n) is 11.7. The molecule has 1 saturated heterocycles. The van der Waals surface area contributed by atoms with Crippen molar-refractivity contribution in [3.8, 4) is 11.3 Å². The molecule has 2 bridgehead atoms. The van der Waals surface area contributed by atoms with E-state index in [0.29, 0.717) is 23.8 Å². The van der Waals surface area contributed by atoms with Crippen molar-refractivity contribution in [1.82, 2.24) is 29.5 Å². The Morgan fingerprint density at radius 3 is 2.68 bits per heavy atom. The molecule has 0 amide bonds. The number of nitrogens with zero attached hydrogens (tertiary/aromatic N) is 4. The van der Waals surface area contributed by atoms with Crippen molar-refractivity contribution < 1.29 is 0 Å². The van der Waals surface area contributed by atoms with Crippen molar-refractivity contribution >= 4 is 27.2 Å². The number of nitrogens with one attached hydrogen (secondary N) is 2. The third-order valence-electron chi connectivity index (χ3n) is 9.16. The van der Waals surface area contributed by atoms with Gasteiger partial charge in [0, 0.05) is 53.4 Å². The van der Waals surface area contributed by atoms with Gasteiger partial charge in [0.05, 0.1) is 5.69 Å². The minimum Gasteiger partial charge on any atom is -0.346 e. The molecule has 2 aliphatic rings. The maximum Gasteiger partial charge on any atom is 0.247 e. The fourth-order valence-electron chi connectivity index (χ4n) is 7.18. The lowest BCUT2D eigenvalue weighted by Gasteiger charge is -2.31. The molecule has 7 nitrogen and oxygen atoms in total. The highest BCUT2D eigenvalue weighted by molar-refractivity contribution is 7.19. The van der Waals surface area contributed by atoms with Crippen LogP contribution in [-0.4, -0.2) is 42.1 Å². The fourth-order valence-corrected chi connectivity index (χ4v) is 8.62. The lowest BCUT2D eigenvalue weighted by atomic mass is 9.88. The van der Waals surface area contributed by atoms with Gasteiger partial charge < -0.3 is 9.97 Å². The van der Waals surface area contributed by atoms with Crippen LogP contribution in [0.25, 0.3) is 27.1 Å². The molecule has 38 heavy (non-hydrogen) atoms. The summed E-state index contributed by atoms with van der Waals surface area (Å²) in [6.07, 6.45) is 8.14. The number of aromatic amines is 2. The largest absolute Gasteiger partial charge is 0.346 e. The molecule has 2 fully saturated rings. The number of pyridine rings is 2. The third-order valence-corrected chi connectivity index (χ3v) is 10.5. The van der Waals surface area contributed by atoms with Gasteiger partial charge in [-0.1, -0.05) is 19.9 Å². The molecule has 1 aliphatic heterocycles. The standard InChI is InChI=1S/C30H34N6OS/c1-15(2)25-26-18(5)28(22-9-21-8-20(22)12-35(21)11-19-6-7-24(37)31-10-19)38-30(26)34-27(25)23-13-36-29(32-14-33-36)17(4)16(23)3/h6-7,10,13-15,20-22,34H,8-9,11-12H2,1-5H3,(H,31,37)/t20?,21?,22-/m1/s1. The quantitative estimate of drug-likeness (QED) is 0.292. The summed E-state index contributed by atoms with van der Waals surface area (Å²) in [4.78, 5) is 28.1. The van der Waals surface area contributed by atoms with E-state index in [1.807, 2.05) is 28.1 Å². The van der Waals surface area contributed by atoms with E-state index in [1.54, 1.807) is 17.3 Å². The zero-order valence-electron chi connectivity index (χ0n) is 22.6. The molecule has 0 aromatic carbocycles. The van der Waals surface area contributed by atoms with Crippen LogP contribution < -0.4 is 5.56 Å². The second kappa shape index (κ2) is 8.64. The van der Waals surface area contributed by atoms with Crippen LogP contribution in [0.3, 0.4) is 0 Å². The second-order valence-corrected chi connectivity index (χ2v) is 12.7. The number of H-pyrrole nitrogens is 2. The highest BCUT2D eigenvalue weighted by Crippen LogP contribution is 2.53. The van der Waals surface area contributed by atoms with Gasteiger partial charge >= 0.3 is 0 Å². The zero-order chi connectivity index (χ0) is 26.3. The van der Waals surface area contributed by atoms with E-state index in [-0.39, 0.29) is 5.56 Å². The molecular formula is C30H34N6OS. The predicted octanol–water partition coefficient (Wildman–Crippen LogP) is 6.05. The van der Waals surface area contributed by atoms with Crippen LogP contribution in [0.15, 0.2) is 35.6 Å². The first kappa shape index (κ1) is 23.9. The predicted molar refractivity (Wildman–Crippen MR) is 153 cm³/mol. The molecule has 2 unspecified atom stereocenters. The normalized spacial score (nSPS) is 21.6. The fraction of sp³-hybridized carbons (Fsp3) is 0.433. The summed E-state index contributed by atoms with van der Waals surface area (Å²) in [6, 6.07) is 4.22. The molecular weight excluding hydrogens is 492 g/mol. The Hall–Kier alpha value is -3.23. The zero-order valence-corrected chi connectivity index (χ0v) is 23.4. The number of hydrogen-bond donors (Lipinski definition) is 2. The van der Waals surface area contributed by atoms with Gasteiger partial charge in [-0.3, -0.25) is 9.69 Å². The van der Waals surface area contributed by atoms with Crippen LogP contribution in [0.1, 0.15) is 71.2 Å². The van der Waals surface area contributed by atoms with E-state index in [4.69, 9.17) is 0 Å². The summed E-state index contributed by atoms with van der Waals surface area (Å²) in [5.41, 5.74) is 9.86. The van der Waals surface area contributed by atoms with Crippen LogP contribution in [-0.2, 0) is 6.54 Å². The first-order chi connectivity index (χ1) is 18.3. The minimum atomic E-state index is -0.0335. The van der Waals surface area contributed by atoms with Crippen molar-refractivity contribution in [2.45, 2.75) is 71.9 Å². The number of thiophene rings is 1. The van der Waals surface area contributed by atoms with Crippen LogP contribution >= 0.6 is 11.3 Å². The third kappa shape index (κ3) is 3.53. The summed E-state index contributed by atoms with van der Waals surface area (Å²) in [5.74, 6) is 1.74. The number of aromatic nitrogens is 5. The first-order valence-electron chi connectivity index (χ1n) is 13.7. The van der Waals surface area contributed by atoms with E-state index in [9.17, 15) is 4.79 Å². The Morgan fingerprint density at radius 2 is 1.97 bits per heavy atom. The van der Waals surface area contributed by atoms with Crippen molar-refractivity contribution in [1.29, 1.82) is 0 Å².